The summed E-state index contributed by atoms with van der Waals surface area (Å²) in [7, 11) is 0. The van der Waals surface area contributed by atoms with Gasteiger partial charge in [0.05, 0.1) is 33.0 Å². The molecular weight excluding hydrogens is 494 g/mol. The number of hydrogen-bond donors (Lipinski definition) is 11. The molecule has 0 aromatic heterocycles. The van der Waals surface area contributed by atoms with E-state index in [2.05, 4.69) is 11.9 Å². The summed E-state index contributed by atoms with van der Waals surface area (Å²) in [6.45, 7) is -0.738. The fourth-order valence-corrected chi connectivity index (χ4v) is 3.73. The molecule has 1 amide bonds. The van der Waals surface area contributed by atoms with Crippen LogP contribution in [0.3, 0.4) is 0 Å². The van der Waals surface area contributed by atoms with E-state index >= 15 is 0 Å². The van der Waals surface area contributed by atoms with E-state index in [0.29, 0.717) is 0 Å². The molecule has 2 aliphatic rings. The molecule has 2 fully saturated rings. The van der Waals surface area contributed by atoms with E-state index in [-0.39, 0.29) is 0 Å². The van der Waals surface area contributed by atoms with E-state index in [0.717, 1.165) is 6.08 Å². The first-order valence-corrected chi connectivity index (χ1v) is 11.0. The maximum Gasteiger partial charge on any atom is 0.244 e. The molecule has 0 aliphatic carbocycles. The predicted octanol–water partition coefficient (Wildman–Crippen LogP) is -6.99. The van der Waals surface area contributed by atoms with Crippen molar-refractivity contribution in [2.75, 3.05) is 33.0 Å². The third kappa shape index (κ3) is 6.74. The summed E-state index contributed by atoms with van der Waals surface area (Å²) in [5.74, 6) is -0.877. The Balaban J connectivity index is 2.26. The second-order valence-electron chi connectivity index (χ2n) is 8.56. The molecule has 2 saturated heterocycles. The number of carbonyl (C=O) groups excluding carboxylic acids is 1. The standard InChI is InChI=1S/C20H35NO15/c1-2-11(26)21-20(10(25)5-24,6-33-18-16(31)14(29)12(27)8(3-22)35-18)7-34-19-17(32)15(30)13(28)9(4-23)36-19/h2,8-10,12-19,22-25,27-32H,1,3-7H2,(H,21,26)/t8-,9-,10?,12-,13-,14+,15+,16-,17-,18-,19-/m1/s1. The van der Waals surface area contributed by atoms with Crippen molar-refractivity contribution in [3.05, 3.63) is 12.7 Å². The Bertz CT molecular complexity index is 669. The van der Waals surface area contributed by atoms with Gasteiger partial charge in [0, 0.05) is 0 Å². The van der Waals surface area contributed by atoms with Gasteiger partial charge in [-0.05, 0) is 6.08 Å². The van der Waals surface area contributed by atoms with Crippen LogP contribution in [0.4, 0.5) is 0 Å². The highest BCUT2D eigenvalue weighted by Crippen LogP contribution is 2.26. The molecule has 0 bridgehead atoms. The number of ether oxygens (including phenoxy) is 4. The van der Waals surface area contributed by atoms with Gasteiger partial charge in [0.25, 0.3) is 0 Å². The average Bonchev–Trinajstić information content (AvgIpc) is 2.88. The van der Waals surface area contributed by atoms with Crippen molar-refractivity contribution in [3.8, 4) is 0 Å². The molecule has 11 atom stereocenters. The van der Waals surface area contributed by atoms with Gasteiger partial charge in [-0.1, -0.05) is 6.58 Å². The maximum absolute atomic E-state index is 12.2. The van der Waals surface area contributed by atoms with Crippen molar-refractivity contribution in [2.24, 2.45) is 0 Å². The Morgan fingerprint density at radius 1 is 0.833 bits per heavy atom. The van der Waals surface area contributed by atoms with Crippen molar-refractivity contribution in [2.45, 2.75) is 73.1 Å². The van der Waals surface area contributed by atoms with Crippen molar-refractivity contribution < 1.29 is 74.8 Å². The SMILES string of the molecule is C=CC(=O)NC(CO[C@@H]1O[C@H](CO)[C@@H](O)[C@H](O)[C@H]1O)(CO[C@@H]1O[C@H](CO)[C@@H](O)[C@H](O)[C@H]1O)C(O)CO. The van der Waals surface area contributed by atoms with E-state index in [9.17, 15) is 55.9 Å². The van der Waals surface area contributed by atoms with Crippen LogP contribution in [0.2, 0.25) is 0 Å². The lowest BCUT2D eigenvalue weighted by Gasteiger charge is -2.44. The van der Waals surface area contributed by atoms with Crippen molar-refractivity contribution in [3.63, 3.8) is 0 Å². The molecule has 0 aromatic carbocycles. The maximum atomic E-state index is 12.2. The van der Waals surface area contributed by atoms with Gasteiger partial charge in [-0.25, -0.2) is 0 Å². The summed E-state index contributed by atoms with van der Waals surface area (Å²) in [6, 6.07) is 0. The number of aliphatic hydroxyl groups is 10. The number of rotatable bonds is 12. The molecular formula is C20H35NO15. The van der Waals surface area contributed by atoms with Crippen LogP contribution < -0.4 is 5.32 Å². The van der Waals surface area contributed by atoms with Gasteiger partial charge in [0.1, 0.15) is 60.5 Å². The lowest BCUT2D eigenvalue weighted by Crippen LogP contribution is -2.67. The molecule has 2 aliphatic heterocycles. The molecule has 2 rings (SSSR count). The van der Waals surface area contributed by atoms with Crippen molar-refractivity contribution in [1.29, 1.82) is 0 Å². The topological polar surface area (TPSA) is 268 Å². The minimum atomic E-state index is -2.06. The number of hydrogen-bond acceptors (Lipinski definition) is 15. The molecule has 0 spiro atoms. The Hall–Kier alpha value is -1.35. The summed E-state index contributed by atoms with van der Waals surface area (Å²) < 4.78 is 21.3. The van der Waals surface area contributed by atoms with Crippen LogP contribution in [0.5, 0.6) is 0 Å². The molecule has 0 saturated carbocycles. The first-order valence-electron chi connectivity index (χ1n) is 11.0. The molecule has 210 valence electrons. The monoisotopic (exact) mass is 529 g/mol. The Morgan fingerprint density at radius 3 is 1.58 bits per heavy atom. The van der Waals surface area contributed by atoms with Crippen LogP contribution in [-0.2, 0) is 23.7 Å². The molecule has 0 radical (unpaired) electrons. The predicted molar refractivity (Wildman–Crippen MR) is 114 cm³/mol. The van der Waals surface area contributed by atoms with E-state index in [1.807, 2.05) is 0 Å². The molecule has 16 nitrogen and oxygen atoms in total. The third-order valence-electron chi connectivity index (χ3n) is 6.08. The van der Waals surface area contributed by atoms with E-state index < -0.39 is 112 Å². The highest BCUT2D eigenvalue weighted by Gasteiger charge is 2.49. The van der Waals surface area contributed by atoms with Crippen molar-refractivity contribution in [1.82, 2.24) is 5.32 Å². The van der Waals surface area contributed by atoms with Crippen LogP contribution >= 0.6 is 0 Å². The minimum absolute atomic E-state index is 0.747. The largest absolute Gasteiger partial charge is 0.394 e. The lowest BCUT2D eigenvalue weighted by atomic mass is 9.93. The van der Waals surface area contributed by atoms with Crippen LogP contribution in [0.15, 0.2) is 12.7 Å². The molecule has 2 heterocycles. The molecule has 11 N–H and O–H groups in total. The highest BCUT2D eigenvalue weighted by molar-refractivity contribution is 5.87. The first kappa shape index (κ1) is 30.9. The van der Waals surface area contributed by atoms with Gasteiger partial charge < -0.3 is 75.3 Å². The number of amides is 1. The fourth-order valence-electron chi connectivity index (χ4n) is 3.73. The van der Waals surface area contributed by atoms with Gasteiger partial charge in [-0.2, -0.15) is 0 Å². The van der Waals surface area contributed by atoms with E-state index in [1.54, 1.807) is 0 Å². The smallest absolute Gasteiger partial charge is 0.244 e. The molecule has 36 heavy (non-hydrogen) atoms. The molecule has 1 unspecified atom stereocenters. The highest BCUT2D eigenvalue weighted by atomic mass is 16.7. The van der Waals surface area contributed by atoms with Crippen LogP contribution in [0.25, 0.3) is 0 Å². The summed E-state index contributed by atoms with van der Waals surface area (Å²) in [5, 5.41) is 101. The summed E-state index contributed by atoms with van der Waals surface area (Å²) >= 11 is 0. The molecule has 0 aromatic rings. The van der Waals surface area contributed by atoms with E-state index in [4.69, 9.17) is 18.9 Å². The fraction of sp³-hybridized carbons (Fsp3) is 0.850. The second kappa shape index (κ2) is 13.4. The number of carbonyl (C=O) groups is 1. The van der Waals surface area contributed by atoms with Gasteiger partial charge in [-0.3, -0.25) is 4.79 Å². The quantitative estimate of drug-likeness (QED) is 0.105. The van der Waals surface area contributed by atoms with Gasteiger partial charge in [0.15, 0.2) is 12.6 Å². The first-order chi connectivity index (χ1) is 17.0. The van der Waals surface area contributed by atoms with Gasteiger partial charge in [-0.15, -0.1) is 0 Å². The number of aliphatic hydroxyl groups excluding tert-OH is 10. The second-order valence-corrected chi connectivity index (χ2v) is 8.56. The Labute approximate surface area is 205 Å². The molecule has 16 heteroatoms. The Kier molecular flexibility index (Phi) is 11.5. The summed E-state index contributed by atoms with van der Waals surface area (Å²) in [4.78, 5) is 12.2. The van der Waals surface area contributed by atoms with Crippen molar-refractivity contribution >= 4 is 5.91 Å². The van der Waals surface area contributed by atoms with Crippen LogP contribution in [-0.4, -0.2) is 163 Å². The summed E-state index contributed by atoms with van der Waals surface area (Å²) in [6.07, 6.45) is -17.6. The lowest BCUT2D eigenvalue weighted by molar-refractivity contribution is -0.317. The zero-order valence-electron chi connectivity index (χ0n) is 19.2. The van der Waals surface area contributed by atoms with Crippen LogP contribution in [0.1, 0.15) is 0 Å². The number of nitrogens with one attached hydrogen (secondary N) is 1. The zero-order chi connectivity index (χ0) is 27.2. The van der Waals surface area contributed by atoms with E-state index in [1.165, 1.54) is 0 Å². The third-order valence-corrected chi connectivity index (χ3v) is 6.08. The van der Waals surface area contributed by atoms with Gasteiger partial charge >= 0.3 is 0 Å². The van der Waals surface area contributed by atoms with Gasteiger partial charge in [0.2, 0.25) is 5.91 Å². The average molecular weight is 529 g/mol. The minimum Gasteiger partial charge on any atom is -0.394 e. The van der Waals surface area contributed by atoms with Crippen LogP contribution in [0, 0.1) is 0 Å². The zero-order valence-corrected chi connectivity index (χ0v) is 19.2. The Morgan fingerprint density at radius 2 is 1.25 bits per heavy atom. The normalized spacial score (nSPS) is 38.4. The summed E-state index contributed by atoms with van der Waals surface area (Å²) in [5.41, 5.74) is -2.06.